The summed E-state index contributed by atoms with van der Waals surface area (Å²) >= 11 is 1.30. The van der Waals surface area contributed by atoms with Gasteiger partial charge in [-0.25, -0.2) is 4.79 Å². The molecule has 0 aromatic carbocycles. The zero-order chi connectivity index (χ0) is 18.5. The number of anilines is 1. The van der Waals surface area contributed by atoms with Crippen LogP contribution in [0.1, 0.15) is 59.8 Å². The van der Waals surface area contributed by atoms with E-state index in [0.717, 1.165) is 42.8 Å². The number of rotatable bonds is 5. The van der Waals surface area contributed by atoms with E-state index in [1.54, 1.807) is 6.92 Å². The number of piperidine rings is 1. The van der Waals surface area contributed by atoms with E-state index in [9.17, 15) is 14.8 Å². The molecule has 2 heterocycles. The van der Waals surface area contributed by atoms with E-state index in [-0.39, 0.29) is 12.5 Å². The zero-order valence-electron chi connectivity index (χ0n) is 15.0. The second-order valence-corrected chi connectivity index (χ2v) is 7.64. The van der Waals surface area contributed by atoms with Crippen LogP contribution in [0.3, 0.4) is 0 Å². The molecule has 0 unspecified atom stereocenters. The number of nitrogens with zero attached hydrogens (tertiary/aromatic N) is 2. The Balaban J connectivity index is 1.84. The third-order valence-corrected chi connectivity index (χ3v) is 5.98. The Morgan fingerprint density at radius 1 is 1.23 bits per heavy atom. The maximum Gasteiger partial charge on any atom is 0.341 e. The fraction of sp³-hybridized carbons (Fsp3) is 0.611. The summed E-state index contributed by atoms with van der Waals surface area (Å²) in [5.74, 6) is -0.559. The molecule has 0 atom stereocenters. The first-order valence-corrected chi connectivity index (χ1v) is 10.0. The van der Waals surface area contributed by atoms with Crippen molar-refractivity contribution < 1.29 is 19.5 Å². The van der Waals surface area contributed by atoms with Crippen LogP contribution in [0.25, 0.3) is 0 Å². The molecule has 2 aliphatic rings. The predicted octanol–water partition coefficient (Wildman–Crippen LogP) is 2.86. The molecule has 7 nitrogen and oxygen atoms in total. The van der Waals surface area contributed by atoms with Crippen LogP contribution in [-0.4, -0.2) is 53.9 Å². The molecule has 3 rings (SSSR count). The lowest BCUT2D eigenvalue weighted by atomic mass is 9.94. The Labute approximate surface area is 157 Å². The van der Waals surface area contributed by atoms with Gasteiger partial charge in [0, 0.05) is 0 Å². The van der Waals surface area contributed by atoms with Gasteiger partial charge in [-0.05, 0) is 57.7 Å². The Hall–Kier alpha value is -1.93. The first-order valence-electron chi connectivity index (χ1n) is 9.20. The van der Waals surface area contributed by atoms with Crippen molar-refractivity contribution in [3.05, 3.63) is 16.0 Å². The summed E-state index contributed by atoms with van der Waals surface area (Å²) in [6.07, 6.45) is 5.62. The number of esters is 1. The molecule has 0 radical (unpaired) electrons. The lowest BCUT2D eigenvalue weighted by molar-refractivity contribution is -0.117. The highest BCUT2D eigenvalue weighted by Gasteiger charge is 2.30. The van der Waals surface area contributed by atoms with Crippen LogP contribution in [0.15, 0.2) is 5.16 Å². The van der Waals surface area contributed by atoms with Gasteiger partial charge in [0.25, 0.3) is 0 Å². The monoisotopic (exact) mass is 379 g/mol. The second-order valence-electron chi connectivity index (χ2n) is 6.62. The highest BCUT2D eigenvalue weighted by molar-refractivity contribution is 7.19. The summed E-state index contributed by atoms with van der Waals surface area (Å²) in [6.45, 7) is 4.21. The lowest BCUT2D eigenvalue weighted by Gasteiger charge is -2.25. The summed E-state index contributed by atoms with van der Waals surface area (Å²) in [4.78, 5) is 27.9. The van der Waals surface area contributed by atoms with Crippen LogP contribution in [0, 0.1) is 0 Å². The highest BCUT2D eigenvalue weighted by Crippen LogP contribution is 2.39. The smallest absolute Gasteiger partial charge is 0.341 e. The summed E-state index contributed by atoms with van der Waals surface area (Å²) in [7, 11) is 0. The summed E-state index contributed by atoms with van der Waals surface area (Å²) in [5, 5.41) is 16.0. The Morgan fingerprint density at radius 3 is 2.69 bits per heavy atom. The molecular weight excluding hydrogens is 354 g/mol. The summed E-state index contributed by atoms with van der Waals surface area (Å²) in [5.41, 5.74) is 1.80. The van der Waals surface area contributed by atoms with E-state index < -0.39 is 5.97 Å². The largest absolute Gasteiger partial charge is 0.462 e. The number of carbonyl (C=O) groups is 2. The number of oxime groups is 1. The van der Waals surface area contributed by atoms with Crippen LogP contribution in [0.5, 0.6) is 0 Å². The van der Waals surface area contributed by atoms with E-state index >= 15 is 0 Å². The first-order chi connectivity index (χ1) is 12.6. The normalized spacial score (nSPS) is 19.2. The minimum absolute atomic E-state index is 0.126. The number of thiophene rings is 1. The summed E-state index contributed by atoms with van der Waals surface area (Å²) < 4.78 is 5.20. The molecule has 8 heteroatoms. The van der Waals surface area contributed by atoms with Crippen LogP contribution in [0.4, 0.5) is 5.00 Å². The van der Waals surface area contributed by atoms with Crippen LogP contribution >= 0.6 is 11.3 Å². The molecule has 1 aliphatic carbocycles. The molecule has 0 saturated carbocycles. The number of carbonyl (C=O) groups excluding carboxylic acids is 2. The van der Waals surface area contributed by atoms with Gasteiger partial charge in [-0.2, -0.15) is 0 Å². The summed E-state index contributed by atoms with van der Waals surface area (Å²) in [6, 6.07) is 0. The van der Waals surface area contributed by atoms with Crippen LogP contribution in [0.2, 0.25) is 0 Å². The van der Waals surface area contributed by atoms with Crippen LogP contribution in [-0.2, 0) is 16.0 Å². The van der Waals surface area contributed by atoms with Crippen molar-refractivity contribution in [1.29, 1.82) is 0 Å². The third kappa shape index (κ3) is 4.07. The van der Waals surface area contributed by atoms with Crippen LogP contribution < -0.4 is 5.32 Å². The van der Waals surface area contributed by atoms with Gasteiger partial charge in [0.1, 0.15) is 5.00 Å². The van der Waals surface area contributed by atoms with Gasteiger partial charge in [-0.3, -0.25) is 9.69 Å². The number of likely N-dealkylation sites (tertiary alicyclic amines) is 1. The molecule has 0 spiro atoms. The van der Waals surface area contributed by atoms with Gasteiger partial charge in [0.15, 0.2) is 0 Å². The maximum atomic E-state index is 12.5. The fourth-order valence-electron chi connectivity index (χ4n) is 3.57. The average molecular weight is 379 g/mol. The van der Waals surface area contributed by atoms with Crippen molar-refractivity contribution >= 4 is 33.9 Å². The Bertz CT molecular complexity index is 708. The number of fused-ring (bicyclic) bond motifs is 1. The minimum atomic E-state index is -0.433. The van der Waals surface area contributed by atoms with E-state index in [1.165, 1.54) is 17.8 Å². The van der Waals surface area contributed by atoms with Gasteiger partial charge in [0.2, 0.25) is 5.91 Å². The molecule has 1 aliphatic heterocycles. The topological polar surface area (TPSA) is 91.2 Å². The quantitative estimate of drug-likeness (QED) is 0.466. The molecule has 1 fully saturated rings. The molecule has 1 aromatic rings. The molecule has 1 amide bonds. The maximum absolute atomic E-state index is 12.5. The average Bonchev–Trinajstić information content (AvgIpc) is 3.00. The molecule has 142 valence electrons. The van der Waals surface area contributed by atoms with Gasteiger partial charge < -0.3 is 15.3 Å². The fourth-order valence-corrected chi connectivity index (χ4v) is 4.84. The number of hydrogen-bond donors (Lipinski definition) is 2. The first kappa shape index (κ1) is 18.8. The number of hydrogen-bond acceptors (Lipinski definition) is 7. The predicted molar refractivity (Wildman–Crippen MR) is 100 cm³/mol. The molecule has 0 bridgehead atoms. The molecular formula is C18H25N3O4S. The highest BCUT2D eigenvalue weighted by atomic mass is 32.1. The van der Waals surface area contributed by atoms with E-state index in [1.807, 2.05) is 0 Å². The third-order valence-electron chi connectivity index (χ3n) is 4.78. The van der Waals surface area contributed by atoms with E-state index in [0.29, 0.717) is 35.7 Å². The van der Waals surface area contributed by atoms with Crippen molar-refractivity contribution in [1.82, 2.24) is 4.90 Å². The number of amides is 1. The van der Waals surface area contributed by atoms with Gasteiger partial charge in [0.05, 0.1) is 29.3 Å². The number of ether oxygens (including phenoxy) is 1. The van der Waals surface area contributed by atoms with Crippen molar-refractivity contribution in [3.63, 3.8) is 0 Å². The number of nitrogens with one attached hydrogen (secondary N) is 1. The van der Waals surface area contributed by atoms with E-state index in [2.05, 4.69) is 15.4 Å². The second kappa shape index (κ2) is 8.64. The molecule has 1 saturated heterocycles. The molecule has 26 heavy (non-hydrogen) atoms. The van der Waals surface area contributed by atoms with Crippen molar-refractivity contribution in [3.8, 4) is 0 Å². The minimum Gasteiger partial charge on any atom is -0.462 e. The van der Waals surface area contributed by atoms with Gasteiger partial charge >= 0.3 is 5.97 Å². The Morgan fingerprint density at radius 2 is 2.00 bits per heavy atom. The van der Waals surface area contributed by atoms with E-state index in [4.69, 9.17) is 4.74 Å². The molecule has 1 aromatic heterocycles. The van der Waals surface area contributed by atoms with Gasteiger partial charge in [-0.1, -0.05) is 11.6 Å². The van der Waals surface area contributed by atoms with Crippen molar-refractivity contribution in [2.24, 2.45) is 5.16 Å². The van der Waals surface area contributed by atoms with Crippen molar-refractivity contribution in [2.75, 3.05) is 31.6 Å². The molecule has 2 N–H and O–H groups in total. The Kier molecular flexibility index (Phi) is 6.26. The van der Waals surface area contributed by atoms with Gasteiger partial charge in [-0.15, -0.1) is 11.3 Å². The SMILES string of the molecule is CCOC(=O)c1c(NC(=O)CN2CCCCC2)sc2c1CCCC2=NO. The van der Waals surface area contributed by atoms with Crippen molar-refractivity contribution in [2.45, 2.75) is 45.4 Å². The lowest BCUT2D eigenvalue weighted by Crippen LogP contribution is -2.36. The standard InChI is InChI=1S/C18H25N3O4S/c1-2-25-18(23)15-12-7-6-8-13(20-24)16(12)26-17(15)19-14(22)11-21-9-4-3-5-10-21/h24H,2-11H2,1H3,(H,19,22). The zero-order valence-corrected chi connectivity index (χ0v) is 15.9.